The van der Waals surface area contributed by atoms with Crippen LogP contribution < -0.4 is 10.6 Å². The minimum atomic E-state index is -4.06. The van der Waals surface area contributed by atoms with Crippen LogP contribution >= 0.6 is 0 Å². The van der Waals surface area contributed by atoms with Crippen LogP contribution in [0.4, 0.5) is 13.2 Å². The predicted octanol–water partition coefficient (Wildman–Crippen LogP) is 1.53. The van der Waals surface area contributed by atoms with Crippen LogP contribution in [0.1, 0.15) is 19.8 Å². The summed E-state index contributed by atoms with van der Waals surface area (Å²) in [4.78, 5) is 0. The van der Waals surface area contributed by atoms with Crippen LogP contribution in [-0.2, 0) is 0 Å². The summed E-state index contributed by atoms with van der Waals surface area (Å²) in [6.07, 6.45) is -3.74. The molecule has 2 atom stereocenters. The maximum Gasteiger partial charge on any atom is 0.390 e. The molecule has 0 aromatic carbocycles. The molecule has 1 heterocycles. The molecule has 0 saturated carbocycles. The third kappa shape index (κ3) is 4.81. The van der Waals surface area contributed by atoms with Gasteiger partial charge in [0.05, 0.1) is 6.42 Å². The van der Waals surface area contributed by atoms with Crippen LogP contribution in [0.5, 0.6) is 0 Å². The summed E-state index contributed by atoms with van der Waals surface area (Å²) >= 11 is 0. The minimum absolute atomic E-state index is 0.476. The van der Waals surface area contributed by atoms with E-state index in [0.717, 1.165) is 19.5 Å². The van der Waals surface area contributed by atoms with Crippen LogP contribution in [0, 0.1) is 5.92 Å². The molecule has 1 aliphatic heterocycles. The Balaban J connectivity index is 2.11. The predicted molar refractivity (Wildman–Crippen MR) is 49.1 cm³/mol. The van der Waals surface area contributed by atoms with E-state index in [1.165, 1.54) is 0 Å². The molecule has 0 aromatic heterocycles. The maximum absolute atomic E-state index is 12.0. The van der Waals surface area contributed by atoms with Crippen molar-refractivity contribution >= 4 is 0 Å². The lowest BCUT2D eigenvalue weighted by molar-refractivity contribution is -0.139. The van der Waals surface area contributed by atoms with Gasteiger partial charge in [-0.05, 0) is 38.9 Å². The molecule has 0 bridgehead atoms. The van der Waals surface area contributed by atoms with E-state index >= 15 is 0 Å². The topological polar surface area (TPSA) is 24.1 Å². The molecule has 1 aliphatic rings. The van der Waals surface area contributed by atoms with Crippen LogP contribution in [0.25, 0.3) is 0 Å². The fourth-order valence-electron chi connectivity index (χ4n) is 1.68. The summed E-state index contributed by atoms with van der Waals surface area (Å²) in [7, 11) is 0. The quantitative estimate of drug-likeness (QED) is 0.735. The van der Waals surface area contributed by atoms with E-state index in [1.54, 1.807) is 6.92 Å². The average Bonchev–Trinajstić information content (AvgIpc) is 2.49. The molecule has 0 aromatic rings. The lowest BCUT2D eigenvalue weighted by Crippen LogP contribution is -2.35. The Hall–Kier alpha value is -0.290. The second kappa shape index (κ2) is 4.98. The third-order valence-corrected chi connectivity index (χ3v) is 2.46. The first-order chi connectivity index (χ1) is 6.47. The lowest BCUT2D eigenvalue weighted by atomic mass is 10.1. The standard InChI is InChI=1S/C9H17F3N2/c1-7(4-9(10,11)12)14-6-8-2-3-13-5-8/h7-8,13-14H,2-6H2,1H3. The van der Waals surface area contributed by atoms with Crippen molar-refractivity contribution in [2.45, 2.75) is 32.0 Å². The van der Waals surface area contributed by atoms with Crippen molar-refractivity contribution in [3.8, 4) is 0 Å². The SMILES string of the molecule is CC(CC(F)(F)F)NCC1CCNC1. The van der Waals surface area contributed by atoms with Gasteiger partial charge in [0.15, 0.2) is 0 Å². The van der Waals surface area contributed by atoms with Gasteiger partial charge in [-0.25, -0.2) is 0 Å². The van der Waals surface area contributed by atoms with Crippen LogP contribution in [-0.4, -0.2) is 31.9 Å². The molecular formula is C9H17F3N2. The van der Waals surface area contributed by atoms with E-state index in [1.807, 2.05) is 0 Å². The zero-order valence-electron chi connectivity index (χ0n) is 8.32. The van der Waals surface area contributed by atoms with E-state index in [4.69, 9.17) is 0 Å². The molecule has 0 amide bonds. The normalized spacial score (nSPS) is 25.3. The number of halogens is 3. The first-order valence-electron chi connectivity index (χ1n) is 4.98. The molecule has 1 saturated heterocycles. The number of rotatable bonds is 4. The van der Waals surface area contributed by atoms with Gasteiger partial charge in [-0.15, -0.1) is 0 Å². The minimum Gasteiger partial charge on any atom is -0.316 e. The maximum atomic E-state index is 12.0. The zero-order valence-corrected chi connectivity index (χ0v) is 8.32. The average molecular weight is 210 g/mol. The van der Waals surface area contributed by atoms with Gasteiger partial charge in [-0.1, -0.05) is 0 Å². The third-order valence-electron chi connectivity index (χ3n) is 2.46. The summed E-state index contributed by atoms with van der Waals surface area (Å²) in [5.41, 5.74) is 0. The van der Waals surface area contributed by atoms with Gasteiger partial charge in [-0.2, -0.15) is 13.2 Å². The van der Waals surface area contributed by atoms with Crippen molar-refractivity contribution in [3.05, 3.63) is 0 Å². The van der Waals surface area contributed by atoms with E-state index in [9.17, 15) is 13.2 Å². The Bertz CT molecular complexity index is 164. The zero-order chi connectivity index (χ0) is 10.6. The van der Waals surface area contributed by atoms with Crippen molar-refractivity contribution in [3.63, 3.8) is 0 Å². The molecule has 84 valence electrons. The molecule has 0 aliphatic carbocycles. The molecule has 5 heteroatoms. The highest BCUT2D eigenvalue weighted by molar-refractivity contribution is 4.75. The van der Waals surface area contributed by atoms with Gasteiger partial charge in [0.25, 0.3) is 0 Å². The molecule has 2 N–H and O–H groups in total. The van der Waals surface area contributed by atoms with E-state index in [-0.39, 0.29) is 0 Å². The van der Waals surface area contributed by atoms with Gasteiger partial charge in [0.1, 0.15) is 0 Å². The highest BCUT2D eigenvalue weighted by Crippen LogP contribution is 2.21. The van der Waals surface area contributed by atoms with Crippen LogP contribution in [0.3, 0.4) is 0 Å². The molecule has 1 rings (SSSR count). The van der Waals surface area contributed by atoms with Crippen molar-refractivity contribution in [2.75, 3.05) is 19.6 Å². The van der Waals surface area contributed by atoms with Gasteiger partial charge in [-0.3, -0.25) is 0 Å². The van der Waals surface area contributed by atoms with Crippen LogP contribution in [0.15, 0.2) is 0 Å². The molecule has 1 fully saturated rings. The summed E-state index contributed by atoms with van der Waals surface area (Å²) in [5.74, 6) is 0.491. The summed E-state index contributed by atoms with van der Waals surface area (Å²) < 4.78 is 35.9. The van der Waals surface area contributed by atoms with Gasteiger partial charge in [0.2, 0.25) is 0 Å². The largest absolute Gasteiger partial charge is 0.390 e. The summed E-state index contributed by atoms with van der Waals surface area (Å²) in [6.45, 7) is 4.17. The fourth-order valence-corrected chi connectivity index (χ4v) is 1.68. The number of hydrogen-bond acceptors (Lipinski definition) is 2. The Labute approximate surface area is 82.2 Å². The molecule has 0 radical (unpaired) electrons. The van der Waals surface area contributed by atoms with Gasteiger partial charge < -0.3 is 10.6 Å². The Morgan fingerprint density at radius 3 is 2.71 bits per heavy atom. The van der Waals surface area contributed by atoms with E-state index in [2.05, 4.69) is 10.6 Å². The number of alkyl halides is 3. The highest BCUT2D eigenvalue weighted by Gasteiger charge is 2.30. The molecular weight excluding hydrogens is 193 g/mol. The van der Waals surface area contributed by atoms with Crippen molar-refractivity contribution in [2.24, 2.45) is 5.92 Å². The summed E-state index contributed by atoms with van der Waals surface area (Å²) in [6, 6.07) is -0.476. The fraction of sp³-hybridized carbons (Fsp3) is 1.00. The lowest BCUT2D eigenvalue weighted by Gasteiger charge is -2.17. The smallest absolute Gasteiger partial charge is 0.316 e. The number of hydrogen-bond donors (Lipinski definition) is 2. The van der Waals surface area contributed by atoms with Crippen molar-refractivity contribution < 1.29 is 13.2 Å². The van der Waals surface area contributed by atoms with Crippen molar-refractivity contribution in [1.29, 1.82) is 0 Å². The van der Waals surface area contributed by atoms with E-state index < -0.39 is 18.6 Å². The Morgan fingerprint density at radius 2 is 2.21 bits per heavy atom. The van der Waals surface area contributed by atoms with E-state index in [0.29, 0.717) is 12.5 Å². The van der Waals surface area contributed by atoms with Crippen LogP contribution in [0.2, 0.25) is 0 Å². The highest BCUT2D eigenvalue weighted by atomic mass is 19.4. The van der Waals surface area contributed by atoms with Gasteiger partial charge >= 0.3 is 6.18 Å². The first kappa shape index (κ1) is 11.8. The molecule has 2 unspecified atom stereocenters. The molecule has 0 spiro atoms. The Morgan fingerprint density at radius 1 is 1.50 bits per heavy atom. The second-order valence-corrected chi connectivity index (χ2v) is 3.99. The molecule has 14 heavy (non-hydrogen) atoms. The van der Waals surface area contributed by atoms with Crippen molar-refractivity contribution in [1.82, 2.24) is 10.6 Å². The van der Waals surface area contributed by atoms with Gasteiger partial charge in [0, 0.05) is 6.04 Å². The monoisotopic (exact) mass is 210 g/mol. The second-order valence-electron chi connectivity index (χ2n) is 3.99. The number of nitrogens with one attached hydrogen (secondary N) is 2. The first-order valence-corrected chi connectivity index (χ1v) is 4.98. The Kier molecular flexibility index (Phi) is 4.19. The molecule has 2 nitrogen and oxygen atoms in total. The summed E-state index contributed by atoms with van der Waals surface area (Å²) in [5, 5.41) is 6.10.